The fourth-order valence-electron chi connectivity index (χ4n) is 7.44. The van der Waals surface area contributed by atoms with Crippen LogP contribution in [0.3, 0.4) is 0 Å². The summed E-state index contributed by atoms with van der Waals surface area (Å²) in [6.07, 6.45) is 7.19. The van der Waals surface area contributed by atoms with Crippen LogP contribution in [-0.4, -0.2) is 82.6 Å². The van der Waals surface area contributed by atoms with E-state index in [0.717, 1.165) is 6.42 Å². The second-order valence-corrected chi connectivity index (χ2v) is 16.8. The van der Waals surface area contributed by atoms with E-state index in [-0.39, 0.29) is 49.3 Å². The summed E-state index contributed by atoms with van der Waals surface area (Å²) in [5.41, 5.74) is -1.45. The van der Waals surface area contributed by atoms with Crippen molar-refractivity contribution >= 4 is 55.3 Å². The van der Waals surface area contributed by atoms with Gasteiger partial charge in [0.15, 0.2) is 5.69 Å². The first-order valence-corrected chi connectivity index (χ1v) is 20.3. The Labute approximate surface area is 321 Å². The highest BCUT2D eigenvalue weighted by molar-refractivity contribution is 7.90. The fourth-order valence-corrected chi connectivity index (χ4v) is 8.52. The summed E-state index contributed by atoms with van der Waals surface area (Å²) in [6.45, 7) is 3.00. The lowest BCUT2D eigenvalue weighted by molar-refractivity contribution is -0.141. The Hall–Kier alpha value is -5.45. The predicted molar refractivity (Wildman–Crippen MR) is 199 cm³/mol. The first-order chi connectivity index (χ1) is 26.8. The molecule has 2 aromatic heterocycles. The number of pyridine rings is 1. The first-order valence-electron chi connectivity index (χ1n) is 18.7. The Balaban J connectivity index is 1.24. The molecule has 296 valence electrons. The molecule has 14 nitrogen and oxygen atoms in total. The largest absolute Gasteiger partial charge is 0.472 e. The smallest absolute Gasteiger partial charge is 0.274 e. The summed E-state index contributed by atoms with van der Waals surface area (Å²) in [6, 6.07) is 6.94. The number of carbonyl (C=O) groups excluding carboxylic acids is 4. The molecule has 1 saturated carbocycles. The molecule has 2 fully saturated rings. The highest BCUT2D eigenvalue weighted by Crippen LogP contribution is 2.46. The van der Waals surface area contributed by atoms with Crippen LogP contribution in [0.1, 0.15) is 75.7 Å². The minimum atomic E-state index is -4.07. The van der Waals surface area contributed by atoms with E-state index < -0.39 is 80.2 Å². The summed E-state index contributed by atoms with van der Waals surface area (Å²) >= 11 is 0. The van der Waals surface area contributed by atoms with Gasteiger partial charge in [0.1, 0.15) is 41.6 Å². The highest BCUT2D eigenvalue weighted by Gasteiger charge is 2.61. The number of halogens is 2. The van der Waals surface area contributed by atoms with E-state index >= 15 is 0 Å². The molecule has 4 aromatic rings. The van der Waals surface area contributed by atoms with Crippen molar-refractivity contribution in [3.05, 3.63) is 78.2 Å². The maximum atomic E-state index is 14.5. The number of sulfonamides is 1. The number of ether oxygens (including phenoxy) is 1. The first kappa shape index (κ1) is 38.8. The molecule has 56 heavy (non-hydrogen) atoms. The van der Waals surface area contributed by atoms with Gasteiger partial charge in [0.2, 0.25) is 27.7 Å². The molecule has 17 heteroatoms. The van der Waals surface area contributed by atoms with E-state index in [9.17, 15) is 36.4 Å². The van der Waals surface area contributed by atoms with Crippen molar-refractivity contribution in [2.75, 3.05) is 6.54 Å². The standard InChI is InChI=1S/C39H42F2N6O8S/c1-3-22(2)56(52,53)46-38(51)39-20-23(39)9-7-5-4-6-8-10-31(42-34(48)30-15-16-54-45-30)37(50)47-21-26(19-33(47)35(49)44-39)55-36-28-14-12-24(40)17-29(28)27-13-11-25(41)18-32(27)43-36/h7,9,11-18,22-23,26,31,33H,3-6,8,10,19-21H2,1-2H3,(H,42,48)(H,44,49)(H,46,51)/b9-7-/t22?,23-,26-,31+,33+,39-/m1/s1. The van der Waals surface area contributed by atoms with Crippen LogP contribution >= 0.6 is 0 Å². The summed E-state index contributed by atoms with van der Waals surface area (Å²) in [5, 5.41) is 9.67. The zero-order chi connectivity index (χ0) is 39.8. The minimum absolute atomic E-state index is 0.0214. The van der Waals surface area contributed by atoms with Crippen LogP contribution in [0.2, 0.25) is 0 Å². The van der Waals surface area contributed by atoms with Gasteiger partial charge in [0.25, 0.3) is 11.8 Å². The van der Waals surface area contributed by atoms with Crippen LogP contribution in [0.5, 0.6) is 5.88 Å². The lowest BCUT2D eigenvalue weighted by Crippen LogP contribution is -2.58. The summed E-state index contributed by atoms with van der Waals surface area (Å²) < 4.78 is 68.2. The molecule has 0 spiro atoms. The summed E-state index contributed by atoms with van der Waals surface area (Å²) in [5.74, 6) is -4.44. The van der Waals surface area contributed by atoms with Gasteiger partial charge in [-0.15, -0.1) is 0 Å². The molecule has 6 atom stereocenters. The van der Waals surface area contributed by atoms with Gasteiger partial charge in [-0.1, -0.05) is 37.1 Å². The van der Waals surface area contributed by atoms with Crippen LogP contribution in [0.15, 0.2) is 65.4 Å². The minimum Gasteiger partial charge on any atom is -0.472 e. The number of nitrogens with one attached hydrogen (secondary N) is 3. The molecule has 0 bridgehead atoms. The molecule has 1 aliphatic carbocycles. The highest BCUT2D eigenvalue weighted by atomic mass is 32.2. The number of benzene rings is 2. The van der Waals surface area contributed by atoms with E-state index in [1.165, 1.54) is 60.6 Å². The topological polar surface area (TPSA) is 190 Å². The third-order valence-corrected chi connectivity index (χ3v) is 12.8. The number of carbonyl (C=O) groups is 4. The van der Waals surface area contributed by atoms with Crippen LogP contribution in [-0.2, 0) is 24.4 Å². The van der Waals surface area contributed by atoms with Crippen molar-refractivity contribution in [2.45, 2.75) is 94.2 Å². The number of allylic oxidation sites excluding steroid dienone is 1. The number of amides is 4. The molecule has 3 aliphatic rings. The number of rotatable bonds is 8. The maximum Gasteiger partial charge on any atom is 0.274 e. The zero-order valence-electron chi connectivity index (χ0n) is 30.8. The normalized spacial score (nSPS) is 25.6. The quantitative estimate of drug-likeness (QED) is 0.170. The van der Waals surface area contributed by atoms with Crippen molar-refractivity contribution in [1.29, 1.82) is 0 Å². The Bertz CT molecular complexity index is 2320. The Morgan fingerprint density at radius 2 is 1.84 bits per heavy atom. The average Bonchev–Trinajstić information content (AvgIpc) is 3.46. The van der Waals surface area contributed by atoms with Gasteiger partial charge >= 0.3 is 0 Å². The van der Waals surface area contributed by atoms with Crippen LogP contribution in [0, 0.1) is 17.6 Å². The zero-order valence-corrected chi connectivity index (χ0v) is 31.6. The molecular weight excluding hydrogens is 751 g/mol. The van der Waals surface area contributed by atoms with Gasteiger partial charge in [-0.25, -0.2) is 22.2 Å². The van der Waals surface area contributed by atoms with Crippen molar-refractivity contribution < 1.29 is 45.6 Å². The van der Waals surface area contributed by atoms with Crippen LogP contribution in [0.25, 0.3) is 21.7 Å². The molecule has 3 N–H and O–H groups in total. The van der Waals surface area contributed by atoms with Crippen LogP contribution in [0.4, 0.5) is 8.78 Å². The molecule has 7 rings (SSSR count). The molecule has 2 aromatic carbocycles. The third-order valence-electron chi connectivity index (χ3n) is 10.9. The number of fused-ring (bicyclic) bond motifs is 5. The lowest BCUT2D eigenvalue weighted by Gasteiger charge is -2.30. The number of aromatic nitrogens is 2. The number of nitrogens with zero attached hydrogens (tertiary/aromatic N) is 3. The monoisotopic (exact) mass is 792 g/mol. The SMILES string of the molecule is CCC(C)S(=O)(=O)NC(=O)[C@@]12C[C@H]1/C=C\CCCCC[C@H](NC(=O)c1ccon1)C(=O)N1C[C@H](Oc3nc4cc(F)ccc4c4cc(F)ccc34)C[C@H]1C(=O)N2. The maximum absolute atomic E-state index is 14.5. The van der Waals surface area contributed by atoms with Gasteiger partial charge in [-0.2, -0.15) is 0 Å². The van der Waals surface area contributed by atoms with Gasteiger partial charge < -0.3 is 24.8 Å². The predicted octanol–water partition coefficient (Wildman–Crippen LogP) is 4.44. The van der Waals surface area contributed by atoms with E-state index in [1.807, 2.05) is 12.2 Å². The average molecular weight is 793 g/mol. The van der Waals surface area contributed by atoms with E-state index in [1.54, 1.807) is 6.92 Å². The second-order valence-electron chi connectivity index (χ2n) is 14.7. The Morgan fingerprint density at radius 1 is 1.07 bits per heavy atom. The molecule has 1 unspecified atom stereocenters. The molecule has 1 saturated heterocycles. The summed E-state index contributed by atoms with van der Waals surface area (Å²) in [7, 11) is -4.07. The van der Waals surface area contributed by atoms with Crippen molar-refractivity contribution in [3.63, 3.8) is 0 Å². The summed E-state index contributed by atoms with van der Waals surface area (Å²) in [4.78, 5) is 61.8. The Kier molecular flexibility index (Phi) is 10.8. The van der Waals surface area contributed by atoms with Crippen molar-refractivity contribution in [2.24, 2.45) is 5.92 Å². The van der Waals surface area contributed by atoms with Crippen molar-refractivity contribution in [3.8, 4) is 5.88 Å². The Morgan fingerprint density at radius 3 is 2.59 bits per heavy atom. The van der Waals surface area contributed by atoms with E-state index in [4.69, 9.17) is 9.26 Å². The third kappa shape index (κ3) is 7.81. The molecule has 4 amide bonds. The molecule has 0 radical (unpaired) electrons. The van der Waals surface area contributed by atoms with Gasteiger partial charge in [0, 0.05) is 35.2 Å². The van der Waals surface area contributed by atoms with Crippen molar-refractivity contribution in [1.82, 2.24) is 30.4 Å². The molecular formula is C39H42F2N6O8S. The van der Waals surface area contributed by atoms with E-state index in [2.05, 4.69) is 25.5 Å². The fraction of sp³-hybridized carbons (Fsp3) is 0.436. The van der Waals surface area contributed by atoms with Gasteiger partial charge in [-0.05, 0) is 74.7 Å². The van der Waals surface area contributed by atoms with Crippen LogP contribution < -0.4 is 20.1 Å². The van der Waals surface area contributed by atoms with E-state index in [0.29, 0.717) is 35.4 Å². The number of hydrogen-bond donors (Lipinski definition) is 3. The lowest BCUT2D eigenvalue weighted by atomic mass is 10.0. The van der Waals surface area contributed by atoms with Gasteiger partial charge in [0.05, 0.1) is 17.3 Å². The van der Waals surface area contributed by atoms with Gasteiger partial charge in [-0.3, -0.25) is 23.9 Å². The molecule has 4 heterocycles. The molecule has 2 aliphatic heterocycles. The second kappa shape index (κ2) is 15.6. The number of hydrogen-bond acceptors (Lipinski definition) is 10.